The molecule has 2 aromatic rings. The molecule has 0 bridgehead atoms. The molecule has 0 radical (unpaired) electrons. The molecule has 1 aliphatic rings. The number of hydrogen-bond acceptors (Lipinski definition) is 4. The van der Waals surface area contributed by atoms with E-state index in [1.54, 1.807) is 24.1 Å². The summed E-state index contributed by atoms with van der Waals surface area (Å²) < 4.78 is 0. The van der Waals surface area contributed by atoms with Gasteiger partial charge < -0.3 is 21.1 Å². The summed E-state index contributed by atoms with van der Waals surface area (Å²) >= 11 is 0. The van der Waals surface area contributed by atoms with Crippen LogP contribution in [-0.2, 0) is 11.3 Å². The van der Waals surface area contributed by atoms with Crippen molar-refractivity contribution in [1.29, 1.82) is 0 Å². The van der Waals surface area contributed by atoms with E-state index in [0.717, 1.165) is 42.4 Å². The molecular formula is C23H29N3O3. The highest BCUT2D eigenvalue weighted by molar-refractivity contribution is 5.95. The number of aliphatic hydroxyl groups excluding tert-OH is 1. The first-order valence-corrected chi connectivity index (χ1v) is 10.0. The molecule has 2 aromatic carbocycles. The van der Waals surface area contributed by atoms with Gasteiger partial charge in [0.1, 0.15) is 0 Å². The van der Waals surface area contributed by atoms with Crippen molar-refractivity contribution >= 4 is 11.8 Å². The zero-order valence-corrected chi connectivity index (χ0v) is 16.9. The topological polar surface area (TPSA) is 95.7 Å². The minimum atomic E-state index is -0.475. The van der Waals surface area contributed by atoms with Crippen LogP contribution in [0, 0.1) is 0 Å². The van der Waals surface area contributed by atoms with Gasteiger partial charge in [0.05, 0.1) is 18.7 Å². The van der Waals surface area contributed by atoms with Gasteiger partial charge in [-0.15, -0.1) is 0 Å². The fourth-order valence-electron chi connectivity index (χ4n) is 3.87. The third-order valence-electron chi connectivity index (χ3n) is 5.67. The van der Waals surface area contributed by atoms with Crippen LogP contribution >= 0.6 is 0 Å². The third-order valence-corrected chi connectivity index (χ3v) is 5.67. The minimum Gasteiger partial charge on any atom is -0.394 e. The fourth-order valence-corrected chi connectivity index (χ4v) is 3.87. The van der Waals surface area contributed by atoms with E-state index in [-0.39, 0.29) is 25.0 Å². The molecule has 1 aliphatic carbocycles. The average molecular weight is 396 g/mol. The van der Waals surface area contributed by atoms with Crippen LogP contribution in [0.5, 0.6) is 0 Å². The summed E-state index contributed by atoms with van der Waals surface area (Å²) in [5, 5.41) is 12.7. The van der Waals surface area contributed by atoms with Crippen LogP contribution in [0.2, 0.25) is 0 Å². The van der Waals surface area contributed by atoms with Crippen LogP contribution in [0.4, 0.5) is 0 Å². The third kappa shape index (κ3) is 5.02. The molecule has 0 saturated heterocycles. The smallest absolute Gasteiger partial charge is 0.251 e. The number of nitrogens with two attached hydrogens (primary N) is 1. The Balaban J connectivity index is 1.71. The van der Waals surface area contributed by atoms with Crippen LogP contribution in [0.3, 0.4) is 0 Å². The summed E-state index contributed by atoms with van der Waals surface area (Å²) in [7, 11) is 1.73. The van der Waals surface area contributed by atoms with E-state index in [2.05, 4.69) is 5.32 Å². The Morgan fingerprint density at radius 3 is 2.41 bits per heavy atom. The second-order valence-corrected chi connectivity index (χ2v) is 7.83. The molecule has 6 heteroatoms. The van der Waals surface area contributed by atoms with E-state index in [0.29, 0.717) is 12.1 Å². The molecule has 0 spiro atoms. The van der Waals surface area contributed by atoms with Crippen molar-refractivity contribution in [1.82, 2.24) is 10.2 Å². The number of likely N-dealkylation sites (N-methyl/N-ethyl adjacent to an activating group) is 1. The first-order valence-electron chi connectivity index (χ1n) is 10.0. The van der Waals surface area contributed by atoms with Gasteiger partial charge in [-0.25, -0.2) is 0 Å². The number of benzene rings is 2. The van der Waals surface area contributed by atoms with E-state index < -0.39 is 5.54 Å². The molecule has 0 aliphatic heterocycles. The van der Waals surface area contributed by atoms with Gasteiger partial charge >= 0.3 is 0 Å². The first-order chi connectivity index (χ1) is 14.0. The number of rotatable bonds is 7. The van der Waals surface area contributed by atoms with E-state index in [9.17, 15) is 14.7 Å². The molecule has 154 valence electrons. The van der Waals surface area contributed by atoms with Crippen molar-refractivity contribution in [2.45, 2.75) is 37.8 Å². The van der Waals surface area contributed by atoms with Crippen LogP contribution in [0.1, 0.15) is 41.6 Å². The van der Waals surface area contributed by atoms with Gasteiger partial charge in [0, 0.05) is 19.2 Å². The Bertz CT molecular complexity index is 858. The quantitative estimate of drug-likeness (QED) is 0.670. The van der Waals surface area contributed by atoms with E-state index >= 15 is 0 Å². The van der Waals surface area contributed by atoms with Crippen molar-refractivity contribution in [3.05, 3.63) is 59.7 Å². The molecule has 4 N–H and O–H groups in total. The van der Waals surface area contributed by atoms with Gasteiger partial charge in [-0.3, -0.25) is 9.59 Å². The Labute approximate surface area is 171 Å². The molecule has 0 atom stereocenters. The van der Waals surface area contributed by atoms with Crippen molar-refractivity contribution in [2.75, 3.05) is 20.2 Å². The summed E-state index contributed by atoms with van der Waals surface area (Å²) in [6.45, 7) is 0.468. The summed E-state index contributed by atoms with van der Waals surface area (Å²) in [6, 6.07) is 15.4. The van der Waals surface area contributed by atoms with Gasteiger partial charge in [0.15, 0.2) is 0 Å². The molecule has 0 heterocycles. The summed E-state index contributed by atoms with van der Waals surface area (Å²) in [6.07, 6.45) is 3.70. The highest BCUT2D eigenvalue weighted by atomic mass is 16.3. The standard InChI is InChI=1S/C23H29N3O3/c1-26(21(28)14-24)15-17-5-4-6-20(13-17)18-7-9-19(10-8-18)22(29)25-23(16-27)11-2-3-12-23/h4-10,13,27H,2-3,11-12,14-16,24H2,1H3,(H,25,29). The molecule has 29 heavy (non-hydrogen) atoms. The monoisotopic (exact) mass is 395 g/mol. The highest BCUT2D eigenvalue weighted by Crippen LogP contribution is 2.29. The number of nitrogens with one attached hydrogen (secondary N) is 1. The normalized spacial score (nSPS) is 15.1. The lowest BCUT2D eigenvalue weighted by molar-refractivity contribution is -0.128. The molecule has 3 rings (SSSR count). The van der Waals surface area contributed by atoms with Gasteiger partial charge in [0.2, 0.25) is 5.91 Å². The first kappa shape index (κ1) is 21.0. The Morgan fingerprint density at radius 1 is 1.10 bits per heavy atom. The maximum absolute atomic E-state index is 12.6. The Hall–Kier alpha value is -2.70. The zero-order valence-electron chi connectivity index (χ0n) is 16.9. The van der Waals surface area contributed by atoms with Crippen LogP contribution < -0.4 is 11.1 Å². The van der Waals surface area contributed by atoms with Crippen molar-refractivity contribution in [3.8, 4) is 11.1 Å². The van der Waals surface area contributed by atoms with Crippen LogP contribution in [0.15, 0.2) is 48.5 Å². The summed E-state index contributed by atoms with van der Waals surface area (Å²) in [5.74, 6) is -0.253. The molecule has 2 amide bonds. The minimum absolute atomic E-state index is 0.00269. The predicted molar refractivity (Wildman–Crippen MR) is 113 cm³/mol. The largest absolute Gasteiger partial charge is 0.394 e. The zero-order chi connectivity index (χ0) is 20.9. The Morgan fingerprint density at radius 2 is 1.79 bits per heavy atom. The molecule has 1 fully saturated rings. The molecule has 0 unspecified atom stereocenters. The van der Waals surface area contributed by atoms with E-state index in [1.165, 1.54) is 0 Å². The number of nitrogens with zero attached hydrogens (tertiary/aromatic N) is 1. The van der Waals surface area contributed by atoms with Gasteiger partial charge in [-0.05, 0) is 47.7 Å². The number of carbonyl (C=O) groups excluding carboxylic acids is 2. The maximum atomic E-state index is 12.6. The molecule has 1 saturated carbocycles. The Kier molecular flexibility index (Phi) is 6.67. The fraction of sp³-hybridized carbons (Fsp3) is 0.391. The highest BCUT2D eigenvalue weighted by Gasteiger charge is 2.34. The van der Waals surface area contributed by atoms with Crippen LogP contribution in [-0.4, -0.2) is 47.6 Å². The molecule has 6 nitrogen and oxygen atoms in total. The van der Waals surface area contributed by atoms with Crippen molar-refractivity contribution < 1.29 is 14.7 Å². The second kappa shape index (κ2) is 9.20. The molecular weight excluding hydrogens is 366 g/mol. The second-order valence-electron chi connectivity index (χ2n) is 7.83. The van der Waals surface area contributed by atoms with Gasteiger partial charge in [-0.1, -0.05) is 43.2 Å². The van der Waals surface area contributed by atoms with E-state index in [4.69, 9.17) is 5.73 Å². The lowest BCUT2D eigenvalue weighted by atomic mass is 9.97. The van der Waals surface area contributed by atoms with Gasteiger partial charge in [-0.2, -0.15) is 0 Å². The van der Waals surface area contributed by atoms with Gasteiger partial charge in [0.25, 0.3) is 5.91 Å². The number of hydrogen-bond donors (Lipinski definition) is 3. The number of aliphatic hydroxyl groups is 1. The summed E-state index contributed by atoms with van der Waals surface area (Å²) in [4.78, 5) is 25.9. The molecule has 0 aromatic heterocycles. The summed E-state index contributed by atoms with van der Waals surface area (Å²) in [5.41, 5.74) is 8.55. The predicted octanol–water partition coefficient (Wildman–Crippen LogP) is 2.31. The SMILES string of the molecule is CN(Cc1cccc(-c2ccc(C(=O)NC3(CO)CCCC3)cc2)c1)C(=O)CN. The lowest BCUT2D eigenvalue weighted by Crippen LogP contribution is -2.49. The maximum Gasteiger partial charge on any atom is 0.251 e. The number of amides is 2. The average Bonchev–Trinajstić information content (AvgIpc) is 3.22. The lowest BCUT2D eigenvalue weighted by Gasteiger charge is -2.28. The van der Waals surface area contributed by atoms with Crippen molar-refractivity contribution in [2.24, 2.45) is 5.73 Å². The van der Waals surface area contributed by atoms with Crippen LogP contribution in [0.25, 0.3) is 11.1 Å². The number of carbonyl (C=O) groups is 2. The van der Waals surface area contributed by atoms with E-state index in [1.807, 2.05) is 36.4 Å². The van der Waals surface area contributed by atoms with Crippen molar-refractivity contribution in [3.63, 3.8) is 0 Å².